The largest absolute Gasteiger partial charge is 0.294 e. The van der Waals surface area contributed by atoms with Crippen LogP contribution in [-0.4, -0.2) is 5.78 Å². The third-order valence-electron chi connectivity index (χ3n) is 7.60. The highest BCUT2D eigenvalue weighted by atomic mass is 16.1. The maximum atomic E-state index is 13.0. The summed E-state index contributed by atoms with van der Waals surface area (Å²) in [6, 6.07) is 26.7. The first-order valence-corrected chi connectivity index (χ1v) is 11.2. The van der Waals surface area contributed by atoms with Crippen molar-refractivity contribution in [2.24, 2.45) is 5.92 Å². The van der Waals surface area contributed by atoms with Crippen molar-refractivity contribution < 1.29 is 4.79 Å². The zero-order chi connectivity index (χ0) is 21.1. The molecule has 0 saturated carbocycles. The average molecular weight is 406 g/mol. The van der Waals surface area contributed by atoms with Crippen LogP contribution in [0.15, 0.2) is 78.9 Å². The second kappa shape index (κ2) is 5.44. The van der Waals surface area contributed by atoms with Crippen LogP contribution in [0.25, 0.3) is 70.7 Å². The second-order valence-corrected chi connectivity index (χ2v) is 9.32. The summed E-state index contributed by atoms with van der Waals surface area (Å²) in [6.45, 7) is 1.98. The number of ketones is 1. The Morgan fingerprint density at radius 3 is 2.00 bits per heavy atom. The topological polar surface area (TPSA) is 17.1 Å². The molecular formula is C31H18O. The van der Waals surface area contributed by atoms with Crippen LogP contribution in [0, 0.1) is 5.92 Å². The van der Waals surface area contributed by atoms with Gasteiger partial charge in [-0.2, -0.15) is 0 Å². The Balaban J connectivity index is 1.69. The van der Waals surface area contributed by atoms with Crippen molar-refractivity contribution in [1.82, 2.24) is 0 Å². The van der Waals surface area contributed by atoms with Gasteiger partial charge in [0.15, 0.2) is 5.78 Å². The molecule has 148 valence electrons. The van der Waals surface area contributed by atoms with Gasteiger partial charge in [0, 0.05) is 11.5 Å². The third kappa shape index (κ3) is 1.84. The molecule has 1 aliphatic carbocycles. The highest BCUT2D eigenvalue weighted by molar-refractivity contribution is 6.39. The van der Waals surface area contributed by atoms with E-state index < -0.39 is 0 Å². The molecule has 0 amide bonds. The van der Waals surface area contributed by atoms with Crippen molar-refractivity contribution in [1.29, 1.82) is 0 Å². The Kier molecular flexibility index (Phi) is 2.84. The van der Waals surface area contributed by atoms with Crippen molar-refractivity contribution in [3.63, 3.8) is 0 Å². The van der Waals surface area contributed by atoms with E-state index in [2.05, 4.69) is 78.9 Å². The van der Waals surface area contributed by atoms with Gasteiger partial charge in [0.2, 0.25) is 0 Å². The fraction of sp³-hybridized carbons (Fsp3) is 0.0645. The minimum absolute atomic E-state index is 0.0613. The van der Waals surface area contributed by atoms with Gasteiger partial charge in [0.1, 0.15) is 0 Å². The average Bonchev–Trinajstić information content (AvgIpc) is 2.83. The monoisotopic (exact) mass is 406 g/mol. The van der Waals surface area contributed by atoms with Crippen molar-refractivity contribution in [3.8, 4) is 0 Å². The molecule has 1 unspecified atom stereocenters. The standard InChI is InChI=1S/C31H18O/c1-16-6-11-23-25-14-21-9-7-18-12-17-4-2-3-5-22(17)24-13-20-10-8-19(15-26(23)31(16)32)28(25)30(20)29(21)27(18)24/h2-16H,1H3. The van der Waals surface area contributed by atoms with E-state index in [1.165, 1.54) is 59.2 Å². The molecule has 0 heterocycles. The molecule has 1 nitrogen and oxygen atoms in total. The minimum Gasteiger partial charge on any atom is -0.294 e. The smallest absolute Gasteiger partial charge is 0.170 e. The molecule has 7 aromatic carbocycles. The molecule has 0 aromatic heterocycles. The summed E-state index contributed by atoms with van der Waals surface area (Å²) in [7, 11) is 0. The lowest BCUT2D eigenvalue weighted by Gasteiger charge is -2.22. The first kappa shape index (κ1) is 16.7. The van der Waals surface area contributed by atoms with Crippen molar-refractivity contribution in [2.45, 2.75) is 6.92 Å². The Morgan fingerprint density at radius 1 is 0.594 bits per heavy atom. The van der Waals surface area contributed by atoms with Gasteiger partial charge in [-0.1, -0.05) is 67.6 Å². The maximum Gasteiger partial charge on any atom is 0.170 e. The summed E-state index contributed by atoms with van der Waals surface area (Å²) in [5.41, 5.74) is 1.93. The lowest BCUT2D eigenvalue weighted by molar-refractivity contribution is 0.0952. The normalized spacial score (nSPS) is 16.5. The summed E-state index contributed by atoms with van der Waals surface area (Å²) in [6.07, 6.45) is 4.20. The third-order valence-corrected chi connectivity index (χ3v) is 7.60. The van der Waals surface area contributed by atoms with Gasteiger partial charge in [0.25, 0.3) is 0 Å². The summed E-state index contributed by atoms with van der Waals surface area (Å²) >= 11 is 0. The Bertz CT molecular complexity index is 1950. The molecule has 0 spiro atoms. The molecule has 1 aliphatic rings. The molecule has 7 aromatic rings. The molecule has 0 radical (unpaired) electrons. The number of carbonyl (C=O) groups is 1. The molecule has 32 heavy (non-hydrogen) atoms. The van der Waals surface area contributed by atoms with Crippen LogP contribution in [0.1, 0.15) is 22.8 Å². The number of Topliss-reactive ketones (excluding diaryl/α,β-unsaturated/α-hetero) is 1. The van der Waals surface area contributed by atoms with Crippen molar-refractivity contribution in [2.75, 3.05) is 0 Å². The SMILES string of the molecule is CC1C=Cc2c(cc3ccc4cc5c6ccccc6cc6ccc7cc2c3c4c7c65)C1=O. The number of carbonyl (C=O) groups excluding carboxylic acids is 1. The van der Waals surface area contributed by atoms with Crippen LogP contribution < -0.4 is 0 Å². The molecule has 0 aliphatic heterocycles. The highest BCUT2D eigenvalue weighted by Gasteiger charge is 2.25. The number of allylic oxidation sites excluding steroid dienone is 1. The summed E-state index contributed by atoms with van der Waals surface area (Å²) < 4.78 is 0. The molecular weight excluding hydrogens is 388 g/mol. The first-order valence-electron chi connectivity index (χ1n) is 11.2. The van der Waals surface area contributed by atoms with E-state index in [-0.39, 0.29) is 11.7 Å². The number of benzene rings is 7. The molecule has 0 bridgehead atoms. The van der Waals surface area contributed by atoms with Gasteiger partial charge in [-0.15, -0.1) is 0 Å². The Labute approximate surface area is 184 Å². The summed E-state index contributed by atoms with van der Waals surface area (Å²) in [5, 5.41) is 15.4. The van der Waals surface area contributed by atoms with Crippen LogP contribution in [0.2, 0.25) is 0 Å². The van der Waals surface area contributed by atoms with Crippen LogP contribution in [-0.2, 0) is 0 Å². The van der Waals surface area contributed by atoms with E-state index in [1.807, 2.05) is 13.0 Å². The molecule has 1 atom stereocenters. The van der Waals surface area contributed by atoms with E-state index in [4.69, 9.17) is 0 Å². The van der Waals surface area contributed by atoms with E-state index in [0.717, 1.165) is 16.5 Å². The predicted octanol–water partition coefficient (Wildman–Crippen LogP) is 8.33. The van der Waals surface area contributed by atoms with Gasteiger partial charge in [-0.05, 0) is 94.5 Å². The molecule has 0 saturated heterocycles. The van der Waals surface area contributed by atoms with Crippen molar-refractivity contribution in [3.05, 3.63) is 90.0 Å². The maximum absolute atomic E-state index is 13.0. The van der Waals surface area contributed by atoms with Gasteiger partial charge >= 0.3 is 0 Å². The Morgan fingerprint density at radius 2 is 1.22 bits per heavy atom. The Hall–Kier alpha value is -3.97. The molecule has 1 heteroatoms. The predicted molar refractivity (Wildman–Crippen MR) is 136 cm³/mol. The lowest BCUT2D eigenvalue weighted by atomic mass is 9.80. The van der Waals surface area contributed by atoms with Crippen LogP contribution in [0.3, 0.4) is 0 Å². The number of rotatable bonds is 0. The zero-order valence-electron chi connectivity index (χ0n) is 17.6. The van der Waals surface area contributed by atoms with Crippen LogP contribution in [0.5, 0.6) is 0 Å². The van der Waals surface area contributed by atoms with E-state index in [9.17, 15) is 4.79 Å². The zero-order valence-corrected chi connectivity index (χ0v) is 17.6. The number of fused-ring (bicyclic) bond motifs is 4. The molecule has 0 N–H and O–H groups in total. The fourth-order valence-corrected chi connectivity index (χ4v) is 6.12. The van der Waals surface area contributed by atoms with Crippen LogP contribution >= 0.6 is 0 Å². The van der Waals surface area contributed by atoms with E-state index in [1.54, 1.807) is 0 Å². The molecule has 8 rings (SSSR count). The van der Waals surface area contributed by atoms with Gasteiger partial charge in [-0.25, -0.2) is 0 Å². The van der Waals surface area contributed by atoms with E-state index >= 15 is 0 Å². The first-order chi connectivity index (χ1) is 15.7. The minimum atomic E-state index is -0.0613. The molecule has 0 fully saturated rings. The fourth-order valence-electron chi connectivity index (χ4n) is 6.12. The van der Waals surface area contributed by atoms with Gasteiger partial charge < -0.3 is 0 Å². The van der Waals surface area contributed by atoms with Gasteiger partial charge in [0.05, 0.1) is 0 Å². The summed E-state index contributed by atoms with van der Waals surface area (Å²) in [5.74, 6) is 0.158. The lowest BCUT2D eigenvalue weighted by Crippen LogP contribution is -2.14. The summed E-state index contributed by atoms with van der Waals surface area (Å²) in [4.78, 5) is 13.0. The second-order valence-electron chi connectivity index (χ2n) is 9.32. The van der Waals surface area contributed by atoms with Gasteiger partial charge in [-0.3, -0.25) is 4.79 Å². The quantitative estimate of drug-likeness (QED) is 0.183. The number of hydrogen-bond acceptors (Lipinski definition) is 1. The number of hydrogen-bond donors (Lipinski definition) is 0. The van der Waals surface area contributed by atoms with Crippen molar-refractivity contribution >= 4 is 76.5 Å². The highest BCUT2D eigenvalue weighted by Crippen LogP contribution is 2.47. The van der Waals surface area contributed by atoms with E-state index in [0.29, 0.717) is 0 Å². The van der Waals surface area contributed by atoms with Crippen LogP contribution in [0.4, 0.5) is 0 Å².